The molecule has 0 saturated heterocycles. The minimum absolute atomic E-state index is 0.260. The Hall–Kier alpha value is -4.38. The van der Waals surface area contributed by atoms with E-state index >= 15 is 0 Å². The molecule has 0 atom stereocenters. The Bertz CT molecular complexity index is 1590. The normalized spacial score (nSPS) is 13.2. The molecule has 2 amide bonds. The van der Waals surface area contributed by atoms with Crippen molar-refractivity contribution < 1.29 is 9.59 Å². The van der Waals surface area contributed by atoms with Crippen LogP contribution in [0.5, 0.6) is 0 Å². The first kappa shape index (κ1) is 18.4. The number of rotatable bonds is 2. The van der Waals surface area contributed by atoms with E-state index in [1.165, 1.54) is 7.05 Å². The molecule has 0 fully saturated rings. The maximum absolute atomic E-state index is 12.5. The van der Waals surface area contributed by atoms with Gasteiger partial charge in [-0.15, -0.1) is 0 Å². The zero-order valence-corrected chi connectivity index (χ0v) is 17.2. The van der Waals surface area contributed by atoms with Crippen LogP contribution in [0.4, 0.5) is 0 Å². The fourth-order valence-electron chi connectivity index (χ4n) is 4.40. The summed E-state index contributed by atoms with van der Waals surface area (Å²) in [6.45, 7) is 0. The van der Waals surface area contributed by atoms with Crippen LogP contribution in [0.15, 0.2) is 85.2 Å². The van der Waals surface area contributed by atoms with Crippen molar-refractivity contribution in [3.8, 4) is 22.3 Å². The zero-order chi connectivity index (χ0) is 21.8. The molecule has 0 radical (unpaired) electrons. The third-order valence-corrected chi connectivity index (χ3v) is 6.06. The molecular weight excluding hydrogens is 398 g/mol. The van der Waals surface area contributed by atoms with Crippen molar-refractivity contribution in [2.45, 2.75) is 0 Å². The Kier molecular flexibility index (Phi) is 3.92. The quantitative estimate of drug-likeness (QED) is 0.288. The lowest BCUT2D eigenvalue weighted by atomic mass is 9.93. The van der Waals surface area contributed by atoms with Gasteiger partial charge in [0, 0.05) is 35.8 Å². The Balaban J connectivity index is 1.51. The smallest absolute Gasteiger partial charge is 0.261 e. The van der Waals surface area contributed by atoms with Crippen LogP contribution in [0, 0.1) is 0 Å². The van der Waals surface area contributed by atoms with Crippen molar-refractivity contribution in [1.29, 1.82) is 0 Å². The van der Waals surface area contributed by atoms with Crippen molar-refractivity contribution in [2.24, 2.45) is 0 Å². The number of aromatic nitrogens is 2. The number of fused-ring (bicyclic) bond motifs is 4. The SMILES string of the molecule is CN1C(=O)c2ccc(-c3ccccc3-c3cnc4c(ccc5cccnc54)c3)cc2C1=O. The lowest BCUT2D eigenvalue weighted by Crippen LogP contribution is -2.24. The van der Waals surface area contributed by atoms with E-state index in [9.17, 15) is 9.59 Å². The first-order chi connectivity index (χ1) is 15.6. The highest BCUT2D eigenvalue weighted by atomic mass is 16.2. The van der Waals surface area contributed by atoms with Gasteiger partial charge >= 0.3 is 0 Å². The third kappa shape index (κ3) is 2.65. The summed E-state index contributed by atoms with van der Waals surface area (Å²) in [4.78, 5) is 35.1. The number of pyridine rings is 2. The molecule has 1 aliphatic heterocycles. The Morgan fingerprint density at radius 1 is 0.625 bits per heavy atom. The maximum Gasteiger partial charge on any atom is 0.261 e. The molecule has 0 unspecified atom stereocenters. The predicted octanol–water partition coefficient (Wildman–Crippen LogP) is 5.34. The zero-order valence-electron chi connectivity index (χ0n) is 17.2. The second-order valence-corrected chi connectivity index (χ2v) is 7.91. The number of imide groups is 1. The summed E-state index contributed by atoms with van der Waals surface area (Å²) in [5, 5.41) is 2.07. The highest BCUT2D eigenvalue weighted by Crippen LogP contribution is 2.35. The van der Waals surface area contributed by atoms with Crippen LogP contribution in [-0.4, -0.2) is 33.7 Å². The minimum atomic E-state index is -0.268. The van der Waals surface area contributed by atoms with E-state index in [1.807, 2.05) is 54.7 Å². The van der Waals surface area contributed by atoms with Crippen molar-refractivity contribution in [2.75, 3.05) is 7.05 Å². The van der Waals surface area contributed by atoms with Crippen LogP contribution in [-0.2, 0) is 0 Å². The van der Waals surface area contributed by atoms with Crippen LogP contribution in [0.2, 0.25) is 0 Å². The van der Waals surface area contributed by atoms with Gasteiger partial charge in [-0.3, -0.25) is 24.5 Å². The van der Waals surface area contributed by atoms with Gasteiger partial charge in [-0.05, 0) is 41.0 Å². The van der Waals surface area contributed by atoms with Gasteiger partial charge in [0.05, 0.1) is 22.2 Å². The van der Waals surface area contributed by atoms with Crippen LogP contribution in [0.3, 0.4) is 0 Å². The Morgan fingerprint density at radius 2 is 1.34 bits per heavy atom. The van der Waals surface area contributed by atoms with Crippen LogP contribution < -0.4 is 0 Å². The summed E-state index contributed by atoms with van der Waals surface area (Å²) in [6.07, 6.45) is 3.65. The van der Waals surface area contributed by atoms with Crippen molar-refractivity contribution in [3.63, 3.8) is 0 Å². The maximum atomic E-state index is 12.5. The molecule has 0 bridgehead atoms. The fourth-order valence-corrected chi connectivity index (χ4v) is 4.40. The van der Waals surface area contributed by atoms with E-state index in [2.05, 4.69) is 23.2 Å². The molecule has 32 heavy (non-hydrogen) atoms. The minimum Gasteiger partial charge on any atom is -0.277 e. The summed E-state index contributed by atoms with van der Waals surface area (Å²) in [7, 11) is 1.51. The second kappa shape index (κ2) is 6.82. The summed E-state index contributed by atoms with van der Waals surface area (Å²) >= 11 is 0. The molecular formula is C27H17N3O2. The number of hydrogen-bond acceptors (Lipinski definition) is 4. The van der Waals surface area contributed by atoms with Crippen molar-refractivity contribution in [3.05, 3.63) is 96.3 Å². The lowest BCUT2D eigenvalue weighted by Gasteiger charge is -2.12. The third-order valence-electron chi connectivity index (χ3n) is 6.06. The van der Waals surface area contributed by atoms with Gasteiger partial charge in [0.1, 0.15) is 0 Å². The standard InChI is InChI=1S/C27H17N3O2/c1-30-26(31)22-11-10-17(14-23(22)27(30)32)20-6-2-3-7-21(20)19-13-18-9-8-16-5-4-12-28-24(16)25(18)29-15-19/h2-15H,1H3. The Labute approximate surface area is 184 Å². The first-order valence-electron chi connectivity index (χ1n) is 10.3. The summed E-state index contributed by atoms with van der Waals surface area (Å²) in [5.41, 5.74) is 6.49. The van der Waals surface area contributed by atoms with Gasteiger partial charge in [0.25, 0.3) is 11.8 Å². The van der Waals surface area contributed by atoms with Gasteiger partial charge in [-0.1, -0.05) is 48.5 Å². The molecule has 2 aromatic heterocycles. The average Bonchev–Trinajstić information content (AvgIpc) is 3.07. The molecule has 0 aliphatic carbocycles. The molecule has 1 aliphatic rings. The monoisotopic (exact) mass is 415 g/mol. The topological polar surface area (TPSA) is 63.2 Å². The van der Waals surface area contributed by atoms with E-state index in [1.54, 1.807) is 12.3 Å². The number of hydrogen-bond donors (Lipinski definition) is 0. The predicted molar refractivity (Wildman–Crippen MR) is 124 cm³/mol. The number of amides is 2. The summed E-state index contributed by atoms with van der Waals surface area (Å²) in [5.74, 6) is -0.527. The highest BCUT2D eigenvalue weighted by molar-refractivity contribution is 6.21. The summed E-state index contributed by atoms with van der Waals surface area (Å²) in [6, 6.07) is 23.7. The van der Waals surface area contributed by atoms with E-state index in [-0.39, 0.29) is 11.8 Å². The van der Waals surface area contributed by atoms with E-state index in [0.717, 1.165) is 49.0 Å². The number of carbonyl (C=O) groups is 2. The molecule has 5 nitrogen and oxygen atoms in total. The largest absolute Gasteiger partial charge is 0.277 e. The Morgan fingerprint density at radius 3 is 2.19 bits per heavy atom. The highest BCUT2D eigenvalue weighted by Gasteiger charge is 2.32. The van der Waals surface area contributed by atoms with Crippen molar-refractivity contribution in [1.82, 2.24) is 14.9 Å². The van der Waals surface area contributed by atoms with Crippen LogP contribution in [0.1, 0.15) is 20.7 Å². The van der Waals surface area contributed by atoms with E-state index in [4.69, 9.17) is 4.98 Å². The van der Waals surface area contributed by atoms with Gasteiger partial charge in [0.15, 0.2) is 0 Å². The molecule has 5 heteroatoms. The number of nitrogens with zero attached hydrogens (tertiary/aromatic N) is 3. The van der Waals surface area contributed by atoms with Crippen LogP contribution in [0.25, 0.3) is 44.1 Å². The number of benzene rings is 3. The van der Waals surface area contributed by atoms with E-state index < -0.39 is 0 Å². The van der Waals surface area contributed by atoms with Gasteiger partial charge < -0.3 is 0 Å². The van der Waals surface area contributed by atoms with E-state index in [0.29, 0.717) is 11.1 Å². The van der Waals surface area contributed by atoms with Gasteiger partial charge in [-0.2, -0.15) is 0 Å². The molecule has 3 heterocycles. The fraction of sp³-hybridized carbons (Fsp3) is 0.0370. The molecule has 3 aromatic carbocycles. The average molecular weight is 415 g/mol. The lowest BCUT2D eigenvalue weighted by molar-refractivity contribution is 0.0693. The van der Waals surface area contributed by atoms with Crippen molar-refractivity contribution >= 4 is 33.6 Å². The molecule has 0 spiro atoms. The summed E-state index contributed by atoms with van der Waals surface area (Å²) < 4.78 is 0. The molecule has 6 rings (SSSR count). The molecule has 0 N–H and O–H groups in total. The van der Waals surface area contributed by atoms with Gasteiger partial charge in [-0.25, -0.2) is 0 Å². The molecule has 5 aromatic rings. The molecule has 152 valence electrons. The number of carbonyl (C=O) groups excluding carboxylic acids is 2. The van der Waals surface area contributed by atoms with Crippen LogP contribution >= 0.6 is 0 Å². The second-order valence-electron chi connectivity index (χ2n) is 7.91. The molecule has 0 saturated carbocycles. The first-order valence-corrected chi connectivity index (χ1v) is 10.3. The van der Waals surface area contributed by atoms with Gasteiger partial charge in [0.2, 0.25) is 0 Å².